The normalized spacial score (nSPS) is 35.9. The van der Waals surface area contributed by atoms with Crippen LogP contribution in [0.2, 0.25) is 0 Å². The van der Waals surface area contributed by atoms with Crippen molar-refractivity contribution in [2.24, 2.45) is 0 Å². The predicted molar refractivity (Wildman–Crippen MR) is 55.1 cm³/mol. The Morgan fingerprint density at radius 2 is 1.67 bits per heavy atom. The standard InChI is InChI=1S/C10H16O8/c1-4(12)16-9-8(15)7(14)6(3-11)18-10(9)17-5(2)13/h6-11,14-15H,3H2,1-2H3/t6-,7-,8+,9+,10+/m1/s1. The molecular formula is C10H16O8. The second kappa shape index (κ2) is 6.10. The average Bonchev–Trinajstić information content (AvgIpc) is 2.27. The minimum Gasteiger partial charge on any atom is -0.453 e. The number of aliphatic hydroxyl groups excluding tert-OH is 3. The van der Waals surface area contributed by atoms with Crippen molar-refractivity contribution in [3.05, 3.63) is 0 Å². The van der Waals surface area contributed by atoms with E-state index < -0.39 is 49.3 Å². The maximum absolute atomic E-state index is 10.9. The third-order valence-corrected chi connectivity index (χ3v) is 2.41. The van der Waals surface area contributed by atoms with Crippen molar-refractivity contribution >= 4 is 11.9 Å². The first-order chi connectivity index (χ1) is 8.36. The molecule has 1 aliphatic heterocycles. The van der Waals surface area contributed by atoms with Crippen molar-refractivity contribution in [3.63, 3.8) is 0 Å². The lowest BCUT2D eigenvalue weighted by molar-refractivity contribution is -0.295. The van der Waals surface area contributed by atoms with Crippen LogP contribution in [0, 0.1) is 0 Å². The maximum atomic E-state index is 10.9. The zero-order chi connectivity index (χ0) is 13.9. The average molecular weight is 264 g/mol. The predicted octanol–water partition coefficient (Wildman–Crippen LogP) is -2.08. The molecule has 0 saturated carbocycles. The van der Waals surface area contributed by atoms with Gasteiger partial charge in [-0.2, -0.15) is 0 Å². The summed E-state index contributed by atoms with van der Waals surface area (Å²) in [6, 6.07) is 0. The van der Waals surface area contributed by atoms with E-state index in [0.29, 0.717) is 0 Å². The number of hydrogen-bond acceptors (Lipinski definition) is 8. The Balaban J connectivity index is 2.86. The molecule has 1 rings (SSSR count). The molecule has 0 unspecified atom stereocenters. The van der Waals surface area contributed by atoms with Crippen LogP contribution >= 0.6 is 0 Å². The van der Waals surface area contributed by atoms with Crippen molar-refractivity contribution in [2.75, 3.05) is 6.61 Å². The number of ether oxygens (including phenoxy) is 3. The van der Waals surface area contributed by atoms with Gasteiger partial charge in [0.25, 0.3) is 0 Å². The van der Waals surface area contributed by atoms with Crippen LogP contribution in [-0.2, 0) is 23.8 Å². The smallest absolute Gasteiger partial charge is 0.305 e. The van der Waals surface area contributed by atoms with Gasteiger partial charge in [0.15, 0.2) is 6.10 Å². The second-order valence-electron chi connectivity index (χ2n) is 3.89. The zero-order valence-electron chi connectivity index (χ0n) is 9.98. The number of hydrogen-bond donors (Lipinski definition) is 3. The largest absolute Gasteiger partial charge is 0.453 e. The molecule has 8 nitrogen and oxygen atoms in total. The van der Waals surface area contributed by atoms with E-state index >= 15 is 0 Å². The van der Waals surface area contributed by atoms with Crippen LogP contribution in [-0.4, -0.2) is 64.6 Å². The molecule has 8 heteroatoms. The molecule has 1 saturated heterocycles. The van der Waals surface area contributed by atoms with Crippen molar-refractivity contribution < 1.29 is 39.1 Å². The van der Waals surface area contributed by atoms with Gasteiger partial charge in [-0.1, -0.05) is 0 Å². The molecule has 5 atom stereocenters. The lowest BCUT2D eigenvalue weighted by Gasteiger charge is -2.40. The lowest BCUT2D eigenvalue weighted by atomic mass is 9.99. The van der Waals surface area contributed by atoms with Crippen LogP contribution in [0.15, 0.2) is 0 Å². The first-order valence-corrected chi connectivity index (χ1v) is 5.33. The molecule has 104 valence electrons. The molecule has 0 radical (unpaired) electrons. The molecule has 1 fully saturated rings. The van der Waals surface area contributed by atoms with Gasteiger partial charge >= 0.3 is 11.9 Å². The lowest BCUT2D eigenvalue weighted by Crippen LogP contribution is -2.60. The van der Waals surface area contributed by atoms with Gasteiger partial charge in [-0.15, -0.1) is 0 Å². The summed E-state index contributed by atoms with van der Waals surface area (Å²) < 4.78 is 14.5. The molecule has 0 amide bonds. The number of aliphatic hydroxyl groups is 3. The third-order valence-electron chi connectivity index (χ3n) is 2.41. The van der Waals surface area contributed by atoms with Gasteiger partial charge in [0.2, 0.25) is 6.29 Å². The minimum atomic E-state index is -1.52. The van der Waals surface area contributed by atoms with E-state index in [9.17, 15) is 19.8 Å². The molecule has 0 aromatic rings. The molecule has 1 aliphatic rings. The van der Waals surface area contributed by atoms with Crippen LogP contribution in [0.1, 0.15) is 13.8 Å². The Kier molecular flexibility index (Phi) is 5.03. The molecule has 0 aromatic heterocycles. The molecule has 3 N–H and O–H groups in total. The Bertz CT molecular complexity index is 317. The number of carbonyl (C=O) groups excluding carboxylic acids is 2. The summed E-state index contributed by atoms with van der Waals surface area (Å²) in [6.07, 6.45) is -6.82. The molecule has 0 aliphatic carbocycles. The monoisotopic (exact) mass is 264 g/mol. The van der Waals surface area contributed by atoms with Crippen LogP contribution in [0.4, 0.5) is 0 Å². The van der Waals surface area contributed by atoms with Gasteiger partial charge in [-0.3, -0.25) is 9.59 Å². The molecule has 0 bridgehead atoms. The van der Waals surface area contributed by atoms with Crippen molar-refractivity contribution in [2.45, 2.75) is 44.6 Å². The van der Waals surface area contributed by atoms with Crippen LogP contribution < -0.4 is 0 Å². The number of carbonyl (C=O) groups is 2. The highest BCUT2D eigenvalue weighted by Gasteiger charge is 2.47. The second-order valence-corrected chi connectivity index (χ2v) is 3.89. The van der Waals surface area contributed by atoms with Crippen LogP contribution in [0.25, 0.3) is 0 Å². The summed E-state index contributed by atoms with van der Waals surface area (Å²) in [4.78, 5) is 21.8. The van der Waals surface area contributed by atoms with E-state index in [-0.39, 0.29) is 0 Å². The van der Waals surface area contributed by atoms with Gasteiger partial charge in [0.1, 0.15) is 18.3 Å². The van der Waals surface area contributed by atoms with E-state index in [1.807, 2.05) is 0 Å². The third kappa shape index (κ3) is 3.39. The van der Waals surface area contributed by atoms with E-state index in [1.54, 1.807) is 0 Å². The summed E-state index contributed by atoms with van der Waals surface area (Å²) >= 11 is 0. The highest BCUT2D eigenvalue weighted by molar-refractivity contribution is 5.67. The zero-order valence-corrected chi connectivity index (χ0v) is 9.98. The summed E-state index contributed by atoms with van der Waals surface area (Å²) in [5, 5.41) is 28.3. The van der Waals surface area contributed by atoms with Gasteiger partial charge in [-0.25, -0.2) is 0 Å². The first kappa shape index (κ1) is 14.8. The summed E-state index contributed by atoms with van der Waals surface area (Å²) in [5.41, 5.74) is 0. The van der Waals surface area contributed by atoms with E-state index in [4.69, 9.17) is 19.3 Å². The Morgan fingerprint density at radius 3 is 2.11 bits per heavy atom. The SMILES string of the molecule is CC(=O)O[C@H]1O[C@H](CO)[C@@H](O)[C@H](O)[C@@H]1OC(C)=O. The van der Waals surface area contributed by atoms with Crippen molar-refractivity contribution in [1.82, 2.24) is 0 Å². The summed E-state index contributed by atoms with van der Waals surface area (Å²) in [5.74, 6) is -1.44. The van der Waals surface area contributed by atoms with Crippen molar-refractivity contribution in [1.29, 1.82) is 0 Å². The Hall–Kier alpha value is -1.22. The molecular weight excluding hydrogens is 248 g/mol. The van der Waals surface area contributed by atoms with Gasteiger partial charge in [0, 0.05) is 13.8 Å². The molecule has 0 aromatic carbocycles. The minimum absolute atomic E-state index is 0.581. The fraction of sp³-hybridized carbons (Fsp3) is 0.800. The maximum Gasteiger partial charge on any atom is 0.305 e. The van der Waals surface area contributed by atoms with Gasteiger partial charge in [-0.05, 0) is 0 Å². The summed E-state index contributed by atoms with van der Waals surface area (Å²) in [6.45, 7) is 1.63. The van der Waals surface area contributed by atoms with E-state index in [1.165, 1.54) is 0 Å². The summed E-state index contributed by atoms with van der Waals surface area (Å²) in [7, 11) is 0. The van der Waals surface area contributed by atoms with Crippen LogP contribution in [0.3, 0.4) is 0 Å². The fourth-order valence-electron chi connectivity index (χ4n) is 1.63. The highest BCUT2D eigenvalue weighted by Crippen LogP contribution is 2.24. The molecule has 1 heterocycles. The van der Waals surface area contributed by atoms with Crippen LogP contribution in [0.5, 0.6) is 0 Å². The Labute approximate surface area is 103 Å². The molecule has 18 heavy (non-hydrogen) atoms. The topological polar surface area (TPSA) is 123 Å². The highest BCUT2D eigenvalue weighted by atomic mass is 16.7. The fourth-order valence-corrected chi connectivity index (χ4v) is 1.63. The van der Waals surface area contributed by atoms with E-state index in [2.05, 4.69) is 0 Å². The van der Waals surface area contributed by atoms with Gasteiger partial charge < -0.3 is 29.5 Å². The first-order valence-electron chi connectivity index (χ1n) is 5.33. The Morgan fingerprint density at radius 1 is 1.11 bits per heavy atom. The molecule has 0 spiro atoms. The van der Waals surface area contributed by atoms with Crippen molar-refractivity contribution in [3.8, 4) is 0 Å². The number of rotatable bonds is 3. The van der Waals surface area contributed by atoms with Gasteiger partial charge in [0.05, 0.1) is 6.61 Å². The number of esters is 2. The van der Waals surface area contributed by atoms with E-state index in [0.717, 1.165) is 13.8 Å². The quantitative estimate of drug-likeness (QED) is 0.496.